The number of nitrogens with one attached hydrogen (secondary N) is 1. The van der Waals surface area contributed by atoms with Crippen molar-refractivity contribution < 1.29 is 9.66 Å². The minimum absolute atomic E-state index is 0.0167. The fourth-order valence-electron chi connectivity index (χ4n) is 2.93. The molecule has 0 atom stereocenters. The third-order valence-electron chi connectivity index (χ3n) is 4.12. The lowest BCUT2D eigenvalue weighted by atomic mass is 10.0. The molecule has 2 rings (SSSR count). The van der Waals surface area contributed by atoms with E-state index in [-0.39, 0.29) is 5.69 Å². The first-order valence-corrected chi connectivity index (χ1v) is 7.91. The Balaban J connectivity index is 1.86. The zero-order valence-electron chi connectivity index (χ0n) is 13.9. The second-order valence-electron chi connectivity index (χ2n) is 6.15. The first kappa shape index (κ1) is 17.4. The van der Waals surface area contributed by atoms with Crippen LogP contribution in [0.25, 0.3) is 0 Å². The number of ether oxygens (including phenoxy) is 1. The van der Waals surface area contributed by atoms with E-state index >= 15 is 0 Å². The van der Waals surface area contributed by atoms with Gasteiger partial charge in [0.05, 0.1) is 12.0 Å². The van der Waals surface area contributed by atoms with Crippen LogP contribution in [-0.4, -0.2) is 42.6 Å². The van der Waals surface area contributed by atoms with Crippen molar-refractivity contribution in [2.75, 3.05) is 26.7 Å². The predicted molar refractivity (Wildman–Crippen MR) is 90.8 cm³/mol. The summed E-state index contributed by atoms with van der Waals surface area (Å²) in [7, 11) is 1.44. The van der Waals surface area contributed by atoms with E-state index in [0.717, 1.165) is 38.0 Å². The highest BCUT2D eigenvalue weighted by molar-refractivity contribution is 5.48. The van der Waals surface area contributed by atoms with Gasteiger partial charge in [0.2, 0.25) is 0 Å². The van der Waals surface area contributed by atoms with Crippen LogP contribution < -0.4 is 10.1 Å². The number of piperidine rings is 1. The smallest absolute Gasteiger partial charge is 0.311 e. The largest absolute Gasteiger partial charge is 0.490 e. The molecule has 0 amide bonds. The van der Waals surface area contributed by atoms with Crippen molar-refractivity contribution in [3.05, 3.63) is 46.0 Å². The molecule has 1 aromatic carbocycles. The van der Waals surface area contributed by atoms with Crippen LogP contribution in [0, 0.1) is 10.1 Å². The van der Waals surface area contributed by atoms with E-state index in [1.54, 1.807) is 12.1 Å². The lowest BCUT2D eigenvalue weighted by Gasteiger charge is -2.32. The SMILES string of the molecule is C=C(C)CN1CCC(NCc2ccc(OC)c([N+](=O)[O-])c2)CC1. The van der Waals surface area contributed by atoms with Crippen molar-refractivity contribution >= 4 is 5.69 Å². The summed E-state index contributed by atoms with van der Waals surface area (Å²) in [5, 5.41) is 14.6. The van der Waals surface area contributed by atoms with Gasteiger partial charge in [-0.25, -0.2) is 0 Å². The zero-order chi connectivity index (χ0) is 16.8. The molecule has 1 aliphatic rings. The lowest BCUT2D eigenvalue weighted by molar-refractivity contribution is -0.385. The third kappa shape index (κ3) is 5.04. The third-order valence-corrected chi connectivity index (χ3v) is 4.12. The number of benzene rings is 1. The zero-order valence-corrected chi connectivity index (χ0v) is 13.9. The Kier molecular flexibility index (Phi) is 6.12. The Morgan fingerprint density at radius 1 is 1.48 bits per heavy atom. The summed E-state index contributed by atoms with van der Waals surface area (Å²) >= 11 is 0. The average Bonchev–Trinajstić information content (AvgIpc) is 2.53. The Morgan fingerprint density at radius 2 is 2.17 bits per heavy atom. The molecule has 0 unspecified atom stereocenters. The highest BCUT2D eigenvalue weighted by atomic mass is 16.6. The molecule has 0 bridgehead atoms. The number of hydrogen-bond acceptors (Lipinski definition) is 5. The molecule has 126 valence electrons. The molecule has 1 fully saturated rings. The van der Waals surface area contributed by atoms with Gasteiger partial charge in [-0.3, -0.25) is 15.0 Å². The number of nitro benzene ring substituents is 1. The lowest BCUT2D eigenvalue weighted by Crippen LogP contribution is -2.42. The molecule has 0 aliphatic carbocycles. The summed E-state index contributed by atoms with van der Waals surface area (Å²) in [4.78, 5) is 13.1. The van der Waals surface area contributed by atoms with E-state index in [0.29, 0.717) is 18.3 Å². The van der Waals surface area contributed by atoms with Crippen molar-refractivity contribution in [1.82, 2.24) is 10.2 Å². The quantitative estimate of drug-likeness (QED) is 0.475. The summed E-state index contributed by atoms with van der Waals surface area (Å²) in [6.07, 6.45) is 2.18. The van der Waals surface area contributed by atoms with E-state index < -0.39 is 4.92 Å². The second kappa shape index (κ2) is 8.08. The van der Waals surface area contributed by atoms with Crippen LogP contribution in [0.1, 0.15) is 25.3 Å². The van der Waals surface area contributed by atoms with Gasteiger partial charge in [0.1, 0.15) is 0 Å². The molecule has 0 aromatic heterocycles. The predicted octanol–water partition coefficient (Wildman–Crippen LogP) is 2.73. The van der Waals surface area contributed by atoms with Gasteiger partial charge >= 0.3 is 5.69 Å². The molecule has 6 nitrogen and oxygen atoms in total. The van der Waals surface area contributed by atoms with Crippen molar-refractivity contribution in [3.8, 4) is 5.75 Å². The standard InChI is InChI=1S/C17H25N3O3/c1-13(2)12-19-8-6-15(7-9-19)18-11-14-4-5-17(23-3)16(10-14)20(21)22/h4-5,10,15,18H,1,6-9,11-12H2,2-3H3. The van der Waals surface area contributed by atoms with Gasteiger partial charge in [0.15, 0.2) is 5.75 Å². The van der Waals surface area contributed by atoms with Gasteiger partial charge < -0.3 is 10.1 Å². The minimum atomic E-state index is -0.404. The molecule has 0 saturated carbocycles. The molecule has 1 aliphatic heterocycles. The maximum absolute atomic E-state index is 11.1. The number of methoxy groups -OCH3 is 1. The minimum Gasteiger partial charge on any atom is -0.490 e. The molecule has 23 heavy (non-hydrogen) atoms. The van der Waals surface area contributed by atoms with Gasteiger partial charge in [-0.15, -0.1) is 0 Å². The van der Waals surface area contributed by atoms with Crippen LogP contribution in [-0.2, 0) is 6.54 Å². The van der Waals surface area contributed by atoms with Crippen LogP contribution in [0.4, 0.5) is 5.69 Å². The fraction of sp³-hybridized carbons (Fsp3) is 0.529. The van der Waals surface area contributed by atoms with Gasteiger partial charge in [0, 0.05) is 25.2 Å². The molecule has 1 aromatic rings. The van der Waals surface area contributed by atoms with Crippen LogP contribution in [0.3, 0.4) is 0 Å². The van der Waals surface area contributed by atoms with Gasteiger partial charge in [-0.1, -0.05) is 18.2 Å². The molecule has 6 heteroatoms. The van der Waals surface area contributed by atoms with Crippen molar-refractivity contribution in [1.29, 1.82) is 0 Å². The van der Waals surface area contributed by atoms with E-state index in [1.807, 2.05) is 6.07 Å². The summed E-state index contributed by atoms with van der Waals surface area (Å²) in [6.45, 7) is 9.74. The Hall–Kier alpha value is -1.92. The first-order valence-electron chi connectivity index (χ1n) is 7.91. The van der Waals surface area contributed by atoms with E-state index in [4.69, 9.17) is 4.74 Å². The molecule has 0 spiro atoms. The van der Waals surface area contributed by atoms with Crippen LogP contribution in [0.5, 0.6) is 5.75 Å². The molecular weight excluding hydrogens is 294 g/mol. The van der Waals surface area contributed by atoms with Crippen LogP contribution in [0.2, 0.25) is 0 Å². The second-order valence-corrected chi connectivity index (χ2v) is 6.15. The Morgan fingerprint density at radius 3 is 2.74 bits per heavy atom. The summed E-state index contributed by atoms with van der Waals surface area (Å²) in [6, 6.07) is 5.57. The maximum Gasteiger partial charge on any atom is 0.311 e. The van der Waals surface area contributed by atoms with Crippen molar-refractivity contribution in [2.24, 2.45) is 0 Å². The molecule has 1 N–H and O–H groups in total. The topological polar surface area (TPSA) is 67.6 Å². The van der Waals surface area contributed by atoms with Crippen molar-refractivity contribution in [2.45, 2.75) is 32.4 Å². The van der Waals surface area contributed by atoms with Crippen molar-refractivity contribution in [3.63, 3.8) is 0 Å². The first-order chi connectivity index (χ1) is 11.0. The fourth-order valence-corrected chi connectivity index (χ4v) is 2.93. The van der Waals surface area contributed by atoms with E-state index in [9.17, 15) is 10.1 Å². The maximum atomic E-state index is 11.1. The number of hydrogen-bond donors (Lipinski definition) is 1. The monoisotopic (exact) mass is 319 g/mol. The summed E-state index contributed by atoms with van der Waals surface area (Å²) in [5.41, 5.74) is 2.12. The Bertz CT molecular complexity index is 566. The molecule has 1 saturated heterocycles. The van der Waals surface area contributed by atoms with Gasteiger partial charge in [-0.2, -0.15) is 0 Å². The molecule has 1 heterocycles. The highest BCUT2D eigenvalue weighted by Crippen LogP contribution is 2.27. The Labute approximate surface area is 137 Å². The van der Waals surface area contributed by atoms with E-state index in [2.05, 4.69) is 23.7 Å². The van der Waals surface area contributed by atoms with Gasteiger partial charge in [0.25, 0.3) is 0 Å². The molecule has 0 radical (unpaired) electrons. The average molecular weight is 319 g/mol. The van der Waals surface area contributed by atoms with Crippen LogP contribution in [0.15, 0.2) is 30.4 Å². The summed E-state index contributed by atoms with van der Waals surface area (Å²) < 4.78 is 5.02. The summed E-state index contributed by atoms with van der Waals surface area (Å²) in [5.74, 6) is 0.298. The van der Waals surface area contributed by atoms with E-state index in [1.165, 1.54) is 12.7 Å². The van der Waals surface area contributed by atoms with Crippen LogP contribution >= 0.6 is 0 Å². The molecular formula is C17H25N3O3. The normalized spacial score (nSPS) is 16.3. The number of likely N-dealkylation sites (tertiary alicyclic amines) is 1. The number of rotatable bonds is 7. The number of nitro groups is 1. The highest BCUT2D eigenvalue weighted by Gasteiger charge is 2.19. The number of nitrogens with zero attached hydrogens (tertiary/aromatic N) is 2. The van der Waals surface area contributed by atoms with Gasteiger partial charge in [-0.05, 0) is 44.5 Å².